The van der Waals surface area contributed by atoms with Gasteiger partial charge < -0.3 is 30.0 Å². The molecule has 1 saturated carbocycles. The van der Waals surface area contributed by atoms with Gasteiger partial charge in [-0.2, -0.15) is 18.2 Å². The van der Waals surface area contributed by atoms with Crippen LogP contribution in [0.3, 0.4) is 0 Å². The molecular weight excluding hydrogens is 763 g/mol. The molecule has 3 N–H and O–H groups in total. The maximum absolute atomic E-state index is 14.7. The van der Waals surface area contributed by atoms with Crippen LogP contribution in [0.25, 0.3) is 22.4 Å². The number of benzene rings is 2. The van der Waals surface area contributed by atoms with Crippen molar-refractivity contribution in [3.63, 3.8) is 0 Å². The Morgan fingerprint density at radius 2 is 1.72 bits per heavy atom. The number of carbonyl (C=O) groups is 2. The number of nitrogens with one attached hydrogen (secondary N) is 2. The first-order valence-electron chi connectivity index (χ1n) is 19.1. The van der Waals surface area contributed by atoms with Crippen molar-refractivity contribution in [3.05, 3.63) is 87.4 Å². The molecule has 2 aliphatic heterocycles. The topological polar surface area (TPSA) is 135 Å². The van der Waals surface area contributed by atoms with E-state index in [1.54, 1.807) is 12.0 Å². The van der Waals surface area contributed by atoms with E-state index in [1.807, 2.05) is 48.5 Å². The second-order valence-electron chi connectivity index (χ2n) is 15.5. The summed E-state index contributed by atoms with van der Waals surface area (Å²) in [6, 6.07) is 15.4. The Bertz CT molecular complexity index is 2220. The number of carboxylic acid groups (broad SMARTS) is 1. The molecule has 0 radical (unpaired) electrons. The van der Waals surface area contributed by atoms with Crippen molar-refractivity contribution in [1.29, 1.82) is 0 Å². The standard InChI is InChI=1S/C42H43ClF3N5O6/c1-55-37-23(19-47-20-25-10-14-35(52)48-25)9-12-32(49-37)30-8-4-7-29(36(30)43)26-5-3-6-28-27(26)11-13-34(28)57-39-31(42(44,45)46)17-24(38(50-39)56-2)21-51-22-41(15-16-41)18-33(51)40(53)54/h3-9,12,17,25,33-34,47H,10-11,13-16,18-22H2,1-2H3,(H,48,52)(H,53,54)/t25-,33-,34-/m0/s1. The molecule has 4 aliphatic rings. The van der Waals surface area contributed by atoms with Crippen LogP contribution in [-0.2, 0) is 35.3 Å². The van der Waals surface area contributed by atoms with Gasteiger partial charge in [0, 0.05) is 60.9 Å². The number of alkyl halides is 3. The number of aliphatic carboxylic acids is 1. The lowest BCUT2D eigenvalue weighted by atomic mass is 9.94. The molecule has 2 aromatic carbocycles. The molecule has 3 atom stereocenters. The zero-order valence-corrected chi connectivity index (χ0v) is 32.3. The first-order valence-corrected chi connectivity index (χ1v) is 19.5. The van der Waals surface area contributed by atoms with E-state index in [2.05, 4.69) is 15.6 Å². The van der Waals surface area contributed by atoms with Crippen LogP contribution in [0.4, 0.5) is 13.2 Å². The monoisotopic (exact) mass is 805 g/mol. The average Bonchev–Trinajstić information content (AvgIpc) is 3.43. The number of rotatable bonds is 13. The van der Waals surface area contributed by atoms with E-state index in [0.717, 1.165) is 53.1 Å². The Balaban J connectivity index is 1.04. The minimum atomic E-state index is -4.80. The summed E-state index contributed by atoms with van der Waals surface area (Å²) in [7, 11) is 2.89. The van der Waals surface area contributed by atoms with E-state index >= 15 is 0 Å². The summed E-state index contributed by atoms with van der Waals surface area (Å²) < 4.78 is 61.3. The first kappa shape index (κ1) is 38.9. The molecule has 57 heavy (non-hydrogen) atoms. The molecule has 300 valence electrons. The molecule has 4 aromatic rings. The second-order valence-corrected chi connectivity index (χ2v) is 15.8. The molecule has 11 nitrogen and oxygen atoms in total. The molecule has 4 heterocycles. The van der Waals surface area contributed by atoms with Gasteiger partial charge in [-0.1, -0.05) is 54.1 Å². The van der Waals surface area contributed by atoms with Gasteiger partial charge in [0.05, 0.1) is 24.9 Å². The highest BCUT2D eigenvalue weighted by Gasteiger charge is 2.54. The molecule has 2 saturated heterocycles. The fourth-order valence-corrected chi connectivity index (χ4v) is 8.95. The summed E-state index contributed by atoms with van der Waals surface area (Å²) in [5.41, 5.74) is 4.40. The van der Waals surface area contributed by atoms with Gasteiger partial charge in [-0.25, -0.2) is 4.98 Å². The van der Waals surface area contributed by atoms with Gasteiger partial charge in [-0.3, -0.25) is 14.5 Å². The van der Waals surface area contributed by atoms with Gasteiger partial charge in [-0.15, -0.1) is 0 Å². The van der Waals surface area contributed by atoms with Crippen LogP contribution in [0, 0.1) is 5.41 Å². The zero-order valence-electron chi connectivity index (χ0n) is 31.5. The average molecular weight is 806 g/mol. The summed E-state index contributed by atoms with van der Waals surface area (Å²) in [5.74, 6) is -1.11. The van der Waals surface area contributed by atoms with Gasteiger partial charge in [0.1, 0.15) is 17.7 Å². The van der Waals surface area contributed by atoms with E-state index in [-0.39, 0.29) is 35.4 Å². The largest absolute Gasteiger partial charge is 0.481 e. The van der Waals surface area contributed by atoms with Crippen LogP contribution in [0.5, 0.6) is 17.6 Å². The van der Waals surface area contributed by atoms with E-state index in [1.165, 1.54) is 7.11 Å². The van der Waals surface area contributed by atoms with Gasteiger partial charge in [0.25, 0.3) is 0 Å². The Morgan fingerprint density at radius 1 is 0.982 bits per heavy atom. The van der Waals surface area contributed by atoms with Crippen LogP contribution in [0.15, 0.2) is 54.6 Å². The SMILES string of the molecule is COc1nc(-c2cccc(-c3cccc4c3CC[C@@H]4Oc3nc(OC)c(CN4CC5(CC5)C[C@H]4C(=O)O)cc3C(F)(F)F)c2Cl)ccc1CNC[C@@H]1CCC(=O)N1. The number of amides is 1. The summed E-state index contributed by atoms with van der Waals surface area (Å²) in [6.45, 7) is 1.59. The normalized spacial score (nSPS) is 21.1. The van der Waals surface area contributed by atoms with Gasteiger partial charge >= 0.3 is 12.1 Å². The molecule has 2 aromatic heterocycles. The molecular formula is C42H43ClF3N5O6. The molecule has 3 fully saturated rings. The van der Waals surface area contributed by atoms with E-state index in [4.69, 9.17) is 30.8 Å². The van der Waals surface area contributed by atoms with Crippen molar-refractivity contribution in [2.24, 2.45) is 5.41 Å². The van der Waals surface area contributed by atoms with Gasteiger partial charge in [0.15, 0.2) is 0 Å². The number of aromatic nitrogens is 2. The number of fused-ring (bicyclic) bond motifs is 1. The van der Waals surface area contributed by atoms with Crippen molar-refractivity contribution in [3.8, 4) is 40.0 Å². The van der Waals surface area contributed by atoms with Crippen LogP contribution in [0.1, 0.15) is 72.4 Å². The van der Waals surface area contributed by atoms with Crippen LogP contribution in [-0.4, -0.2) is 71.2 Å². The number of methoxy groups -OCH3 is 2. The Hall–Kier alpha value is -4.92. The number of carbonyl (C=O) groups excluding carboxylic acids is 1. The molecule has 1 amide bonds. The Labute approximate surface area is 332 Å². The highest BCUT2D eigenvalue weighted by atomic mass is 35.5. The number of hydrogen-bond acceptors (Lipinski definition) is 9. The van der Waals surface area contributed by atoms with Crippen LogP contribution >= 0.6 is 11.6 Å². The lowest BCUT2D eigenvalue weighted by Crippen LogP contribution is -2.35. The highest BCUT2D eigenvalue weighted by molar-refractivity contribution is 6.36. The molecule has 0 bridgehead atoms. The lowest BCUT2D eigenvalue weighted by Gasteiger charge is -2.24. The summed E-state index contributed by atoms with van der Waals surface area (Å²) >= 11 is 7.13. The number of halogens is 4. The third kappa shape index (κ3) is 7.86. The predicted octanol–water partition coefficient (Wildman–Crippen LogP) is 7.37. The highest BCUT2D eigenvalue weighted by Crippen LogP contribution is 2.55. The van der Waals surface area contributed by atoms with Gasteiger partial charge in [0.2, 0.25) is 23.5 Å². The second kappa shape index (κ2) is 15.4. The maximum atomic E-state index is 14.7. The predicted molar refractivity (Wildman–Crippen MR) is 205 cm³/mol. The molecule has 0 unspecified atom stereocenters. The molecule has 15 heteroatoms. The summed E-state index contributed by atoms with van der Waals surface area (Å²) in [6.07, 6.45) is -0.956. The summed E-state index contributed by atoms with van der Waals surface area (Å²) in [5, 5.41) is 16.6. The number of likely N-dealkylation sites (tertiary alicyclic amines) is 1. The van der Waals surface area contributed by atoms with Gasteiger partial charge in [-0.05, 0) is 72.8 Å². The van der Waals surface area contributed by atoms with Crippen molar-refractivity contribution in [2.45, 2.75) is 82.4 Å². The number of carboxylic acids is 1. The van der Waals surface area contributed by atoms with Crippen molar-refractivity contribution >= 4 is 23.5 Å². The Kier molecular flexibility index (Phi) is 10.5. The smallest absolute Gasteiger partial charge is 0.421 e. The minimum absolute atomic E-state index is 0.0388. The van der Waals surface area contributed by atoms with Crippen molar-refractivity contribution in [2.75, 3.05) is 27.3 Å². The van der Waals surface area contributed by atoms with E-state index in [0.29, 0.717) is 67.5 Å². The number of pyridine rings is 2. The number of nitrogens with zero attached hydrogens (tertiary/aromatic N) is 3. The molecule has 8 rings (SSSR count). The zero-order chi connectivity index (χ0) is 40.1. The Morgan fingerprint density at radius 3 is 2.42 bits per heavy atom. The molecule has 2 aliphatic carbocycles. The van der Waals surface area contributed by atoms with Crippen molar-refractivity contribution < 1.29 is 42.1 Å². The summed E-state index contributed by atoms with van der Waals surface area (Å²) in [4.78, 5) is 34.3. The number of hydrogen-bond donors (Lipinski definition) is 3. The quantitative estimate of drug-likeness (QED) is 0.126. The third-order valence-corrected chi connectivity index (χ3v) is 12.1. The third-order valence-electron chi connectivity index (χ3n) is 11.7. The lowest BCUT2D eigenvalue weighted by molar-refractivity contribution is -0.143. The van der Waals surface area contributed by atoms with Crippen LogP contribution in [0.2, 0.25) is 5.02 Å². The maximum Gasteiger partial charge on any atom is 0.421 e. The fourth-order valence-electron chi connectivity index (χ4n) is 8.62. The molecule has 1 spiro atoms. The van der Waals surface area contributed by atoms with E-state index < -0.39 is 35.7 Å². The van der Waals surface area contributed by atoms with Crippen molar-refractivity contribution in [1.82, 2.24) is 25.5 Å². The van der Waals surface area contributed by atoms with E-state index in [9.17, 15) is 27.9 Å². The minimum Gasteiger partial charge on any atom is -0.481 e. The number of ether oxygens (including phenoxy) is 3. The fraction of sp³-hybridized carbons (Fsp3) is 0.429. The van der Waals surface area contributed by atoms with Crippen LogP contribution < -0.4 is 24.8 Å². The first-order chi connectivity index (χ1) is 27.4.